The monoisotopic (exact) mass is 483 g/mol. The summed E-state index contributed by atoms with van der Waals surface area (Å²) in [5, 5.41) is 3.94. The van der Waals surface area contributed by atoms with Crippen LogP contribution in [0.15, 0.2) is 77.8 Å². The number of nitrogens with zero attached hydrogens (tertiary/aromatic N) is 5. The van der Waals surface area contributed by atoms with E-state index >= 15 is 0 Å². The average Bonchev–Trinajstić information content (AvgIpc) is 3.63. The Morgan fingerprint density at radius 1 is 0.857 bits per heavy atom. The van der Waals surface area contributed by atoms with Crippen LogP contribution < -0.4 is 4.90 Å². The van der Waals surface area contributed by atoms with E-state index in [2.05, 4.69) is 31.5 Å². The van der Waals surface area contributed by atoms with Gasteiger partial charge >= 0.3 is 0 Å². The molecule has 35 heavy (non-hydrogen) atoms. The molecular formula is C27H25N5O2S. The van der Waals surface area contributed by atoms with Crippen molar-refractivity contribution in [1.82, 2.24) is 19.4 Å². The Balaban J connectivity index is 1.16. The summed E-state index contributed by atoms with van der Waals surface area (Å²) in [7, 11) is 0. The van der Waals surface area contributed by atoms with Crippen LogP contribution in [0.5, 0.6) is 0 Å². The van der Waals surface area contributed by atoms with Crippen LogP contribution in [0.4, 0.5) is 5.69 Å². The summed E-state index contributed by atoms with van der Waals surface area (Å²) in [6.07, 6.45) is 3.86. The number of fused-ring (bicyclic) bond motifs is 1. The summed E-state index contributed by atoms with van der Waals surface area (Å²) in [5.41, 5.74) is 4.10. The molecule has 8 heteroatoms. The van der Waals surface area contributed by atoms with Crippen molar-refractivity contribution in [2.45, 2.75) is 13.1 Å². The Bertz CT molecular complexity index is 1360. The van der Waals surface area contributed by atoms with Gasteiger partial charge in [-0.25, -0.2) is 4.98 Å². The summed E-state index contributed by atoms with van der Waals surface area (Å²) in [6, 6.07) is 17.7. The summed E-state index contributed by atoms with van der Waals surface area (Å²) in [4.78, 5) is 36.8. The number of amides is 2. The van der Waals surface area contributed by atoms with Crippen LogP contribution >= 0.6 is 11.3 Å². The van der Waals surface area contributed by atoms with Crippen LogP contribution in [0.25, 0.3) is 5.82 Å². The van der Waals surface area contributed by atoms with E-state index in [4.69, 9.17) is 0 Å². The van der Waals surface area contributed by atoms with E-state index in [-0.39, 0.29) is 11.8 Å². The lowest BCUT2D eigenvalue weighted by atomic mass is 10.1. The van der Waals surface area contributed by atoms with Crippen LogP contribution in [0.3, 0.4) is 0 Å². The number of hydrogen-bond donors (Lipinski definition) is 0. The first-order valence-electron chi connectivity index (χ1n) is 11.7. The van der Waals surface area contributed by atoms with Crippen molar-refractivity contribution in [2.24, 2.45) is 0 Å². The van der Waals surface area contributed by atoms with Crippen molar-refractivity contribution in [3.05, 3.63) is 100 Å². The molecule has 1 saturated heterocycles. The van der Waals surface area contributed by atoms with Gasteiger partial charge in [-0.2, -0.15) is 11.3 Å². The standard InChI is InChI=1S/C27H25N5O2S/c33-26-22-6-3-7-23(25(22)27(34)32(26)17-20-9-16-35-19-20)30-14-12-29(13-15-30)18-21-5-4-11-31(21)24-8-1-2-10-28-24/h1-11,16,19H,12-15,17-18H2. The molecule has 0 N–H and O–H groups in total. The fourth-order valence-electron chi connectivity index (χ4n) is 4.93. The van der Waals surface area contributed by atoms with Gasteiger partial charge in [0.15, 0.2) is 0 Å². The Hall–Kier alpha value is -3.75. The van der Waals surface area contributed by atoms with Crippen LogP contribution in [0.2, 0.25) is 0 Å². The lowest BCUT2D eigenvalue weighted by Gasteiger charge is -2.36. The molecule has 0 spiro atoms. The SMILES string of the molecule is O=C1c2cccc(N3CCN(Cc4cccn4-c4ccccn4)CC3)c2C(=O)N1Cc1ccsc1. The van der Waals surface area contributed by atoms with Gasteiger partial charge in [0.1, 0.15) is 5.82 Å². The molecule has 5 heterocycles. The summed E-state index contributed by atoms with van der Waals surface area (Å²) >= 11 is 1.57. The van der Waals surface area contributed by atoms with E-state index in [1.165, 1.54) is 10.6 Å². The molecule has 2 amide bonds. The van der Waals surface area contributed by atoms with Crippen molar-refractivity contribution in [3.63, 3.8) is 0 Å². The third kappa shape index (κ3) is 4.05. The Kier molecular flexibility index (Phi) is 5.67. The molecule has 176 valence electrons. The second-order valence-electron chi connectivity index (χ2n) is 8.85. The maximum absolute atomic E-state index is 13.3. The molecule has 0 bridgehead atoms. The molecule has 7 nitrogen and oxygen atoms in total. The number of aromatic nitrogens is 2. The van der Waals surface area contributed by atoms with Gasteiger partial charge in [0.25, 0.3) is 11.8 Å². The van der Waals surface area contributed by atoms with E-state index in [1.54, 1.807) is 17.4 Å². The van der Waals surface area contributed by atoms with E-state index < -0.39 is 0 Å². The molecular weight excluding hydrogens is 458 g/mol. The largest absolute Gasteiger partial charge is 0.368 e. The number of hydrogen-bond acceptors (Lipinski definition) is 6. The minimum atomic E-state index is -0.202. The van der Waals surface area contributed by atoms with Gasteiger partial charge in [0, 0.05) is 50.8 Å². The molecule has 0 unspecified atom stereocenters. The highest BCUT2D eigenvalue weighted by Gasteiger charge is 2.38. The number of anilines is 1. The van der Waals surface area contributed by atoms with Crippen LogP contribution in [-0.4, -0.2) is 57.3 Å². The number of imide groups is 1. The lowest BCUT2D eigenvalue weighted by molar-refractivity contribution is 0.0642. The van der Waals surface area contributed by atoms with Crippen molar-refractivity contribution in [2.75, 3.05) is 31.1 Å². The predicted molar refractivity (Wildman–Crippen MR) is 136 cm³/mol. The van der Waals surface area contributed by atoms with E-state index in [9.17, 15) is 9.59 Å². The smallest absolute Gasteiger partial charge is 0.263 e. The second-order valence-corrected chi connectivity index (χ2v) is 9.63. The number of benzene rings is 1. The Morgan fingerprint density at radius 2 is 1.74 bits per heavy atom. The zero-order valence-electron chi connectivity index (χ0n) is 19.2. The predicted octanol–water partition coefficient (Wildman–Crippen LogP) is 4.05. The molecule has 0 saturated carbocycles. The number of thiophene rings is 1. The van der Waals surface area contributed by atoms with Crippen LogP contribution in [0, 0.1) is 0 Å². The third-order valence-electron chi connectivity index (χ3n) is 6.73. The highest BCUT2D eigenvalue weighted by Crippen LogP contribution is 2.33. The number of piperazine rings is 1. The Labute approximate surface area is 207 Å². The van der Waals surface area contributed by atoms with Gasteiger partial charge in [-0.15, -0.1) is 0 Å². The maximum atomic E-state index is 13.3. The zero-order valence-corrected chi connectivity index (χ0v) is 20.0. The summed E-state index contributed by atoms with van der Waals surface area (Å²) in [5.74, 6) is 0.524. The van der Waals surface area contributed by atoms with E-state index in [0.29, 0.717) is 17.7 Å². The maximum Gasteiger partial charge on any atom is 0.263 e. The third-order valence-corrected chi connectivity index (χ3v) is 7.46. The molecule has 0 radical (unpaired) electrons. The first-order valence-corrected chi connectivity index (χ1v) is 12.7. The molecule has 2 aliphatic heterocycles. The molecule has 1 fully saturated rings. The van der Waals surface area contributed by atoms with Crippen molar-refractivity contribution >= 4 is 28.8 Å². The van der Waals surface area contributed by atoms with Crippen molar-refractivity contribution < 1.29 is 9.59 Å². The second kappa shape index (κ2) is 9.13. The average molecular weight is 484 g/mol. The first kappa shape index (κ1) is 21.8. The van der Waals surface area contributed by atoms with Crippen LogP contribution in [0.1, 0.15) is 32.0 Å². The number of rotatable bonds is 6. The zero-order chi connectivity index (χ0) is 23.8. The number of carbonyl (C=O) groups is 2. The number of pyridine rings is 1. The van der Waals surface area contributed by atoms with Gasteiger partial charge in [-0.1, -0.05) is 12.1 Å². The van der Waals surface area contributed by atoms with Gasteiger partial charge in [0.2, 0.25) is 0 Å². The molecule has 0 aliphatic carbocycles. The molecule has 0 atom stereocenters. The number of carbonyl (C=O) groups excluding carboxylic acids is 2. The highest BCUT2D eigenvalue weighted by atomic mass is 32.1. The topological polar surface area (TPSA) is 61.7 Å². The van der Waals surface area contributed by atoms with E-state index in [0.717, 1.165) is 49.8 Å². The minimum Gasteiger partial charge on any atom is -0.368 e. The molecule has 2 aliphatic rings. The van der Waals surface area contributed by atoms with Crippen molar-refractivity contribution in [1.29, 1.82) is 0 Å². The molecule has 3 aromatic heterocycles. The van der Waals surface area contributed by atoms with Gasteiger partial charge in [-0.3, -0.25) is 19.4 Å². The molecule has 6 rings (SSSR count). The quantitative estimate of drug-likeness (QED) is 0.387. The van der Waals surface area contributed by atoms with E-state index in [1.807, 2.05) is 59.6 Å². The highest BCUT2D eigenvalue weighted by molar-refractivity contribution is 7.07. The van der Waals surface area contributed by atoms with Crippen LogP contribution in [-0.2, 0) is 13.1 Å². The normalized spacial score (nSPS) is 16.2. The minimum absolute atomic E-state index is 0.192. The fraction of sp³-hybridized carbons (Fsp3) is 0.222. The summed E-state index contributed by atoms with van der Waals surface area (Å²) < 4.78 is 2.13. The summed E-state index contributed by atoms with van der Waals surface area (Å²) in [6.45, 7) is 4.49. The fourth-order valence-corrected chi connectivity index (χ4v) is 5.59. The van der Waals surface area contributed by atoms with Crippen molar-refractivity contribution in [3.8, 4) is 5.82 Å². The Morgan fingerprint density at radius 3 is 2.51 bits per heavy atom. The lowest BCUT2D eigenvalue weighted by Crippen LogP contribution is -2.46. The molecule has 1 aromatic carbocycles. The van der Waals surface area contributed by atoms with Gasteiger partial charge < -0.3 is 9.47 Å². The molecule has 4 aromatic rings. The van der Waals surface area contributed by atoms with Gasteiger partial charge in [0.05, 0.1) is 23.4 Å². The first-order chi connectivity index (χ1) is 17.2. The van der Waals surface area contributed by atoms with Gasteiger partial charge in [-0.05, 0) is 58.8 Å².